The lowest BCUT2D eigenvalue weighted by Crippen LogP contribution is -2.07. The Labute approximate surface area is 138 Å². The van der Waals surface area contributed by atoms with E-state index in [2.05, 4.69) is 5.32 Å². The van der Waals surface area contributed by atoms with Gasteiger partial charge in [-0.05, 0) is 36.8 Å². The van der Waals surface area contributed by atoms with Gasteiger partial charge in [-0.3, -0.25) is 0 Å². The number of phenolic OH excluding ortho intramolecular Hbond substituents is 1. The zero-order chi connectivity index (χ0) is 15.6. The maximum atomic E-state index is 9.62. The number of anilines is 1. The summed E-state index contributed by atoms with van der Waals surface area (Å²) in [6.07, 6.45) is 0. The van der Waals surface area contributed by atoms with Crippen LogP contribution in [-0.4, -0.2) is 12.2 Å². The van der Waals surface area contributed by atoms with Gasteiger partial charge in [-0.25, -0.2) is 0 Å². The molecule has 0 fully saturated rings. The van der Waals surface area contributed by atoms with Crippen LogP contribution in [0, 0.1) is 0 Å². The second-order valence-electron chi connectivity index (χ2n) is 4.54. The summed E-state index contributed by atoms with van der Waals surface area (Å²) >= 11 is 18.2. The van der Waals surface area contributed by atoms with E-state index in [-0.39, 0.29) is 11.8 Å². The van der Waals surface area contributed by atoms with Crippen molar-refractivity contribution >= 4 is 40.5 Å². The maximum absolute atomic E-state index is 9.62. The number of phenols is 1. The molecule has 3 nitrogen and oxygen atoms in total. The molecule has 6 heteroatoms. The van der Waals surface area contributed by atoms with E-state index in [0.717, 1.165) is 5.56 Å². The molecule has 0 bridgehead atoms. The molecule has 0 amide bonds. The maximum Gasteiger partial charge on any atom is 0.160 e. The van der Waals surface area contributed by atoms with Crippen LogP contribution in [0.2, 0.25) is 15.1 Å². The molecule has 0 radical (unpaired) electrons. The first-order valence-electron chi connectivity index (χ1n) is 6.20. The van der Waals surface area contributed by atoms with E-state index in [1.807, 2.05) is 6.92 Å². The summed E-state index contributed by atoms with van der Waals surface area (Å²) in [7, 11) is 1.50. The van der Waals surface area contributed by atoms with Crippen LogP contribution in [0.15, 0.2) is 30.3 Å². The fourth-order valence-corrected chi connectivity index (χ4v) is 2.87. The predicted octanol–water partition coefficient (Wildman–Crippen LogP) is 5.53. The van der Waals surface area contributed by atoms with Gasteiger partial charge in [-0.15, -0.1) is 0 Å². The Balaban J connectivity index is 2.28. The molecular formula is C15H14Cl3NO2. The highest BCUT2D eigenvalue weighted by atomic mass is 35.5. The van der Waals surface area contributed by atoms with Crippen molar-refractivity contribution in [1.82, 2.24) is 0 Å². The van der Waals surface area contributed by atoms with Gasteiger partial charge in [-0.2, -0.15) is 0 Å². The molecule has 0 heterocycles. The second-order valence-corrected chi connectivity index (χ2v) is 5.79. The average molecular weight is 347 g/mol. The third-order valence-corrected chi connectivity index (χ3v) is 3.89. The molecule has 0 aliphatic rings. The topological polar surface area (TPSA) is 41.5 Å². The van der Waals surface area contributed by atoms with Gasteiger partial charge in [0.2, 0.25) is 0 Å². The number of hydrogen-bond acceptors (Lipinski definition) is 3. The minimum atomic E-state index is -0.0873. The van der Waals surface area contributed by atoms with Gasteiger partial charge in [-0.1, -0.05) is 40.9 Å². The lowest BCUT2D eigenvalue weighted by atomic mass is 10.1. The van der Waals surface area contributed by atoms with Gasteiger partial charge >= 0.3 is 0 Å². The van der Waals surface area contributed by atoms with Gasteiger partial charge in [0, 0.05) is 11.1 Å². The molecule has 112 valence electrons. The molecule has 1 atom stereocenters. The third kappa shape index (κ3) is 3.67. The number of nitrogens with one attached hydrogen (secondary N) is 1. The van der Waals surface area contributed by atoms with Crippen molar-refractivity contribution in [2.24, 2.45) is 0 Å². The molecule has 0 aromatic heterocycles. The van der Waals surface area contributed by atoms with Crippen molar-refractivity contribution in [3.8, 4) is 11.5 Å². The Morgan fingerprint density at radius 3 is 2.29 bits per heavy atom. The largest absolute Gasteiger partial charge is 0.504 e. The Morgan fingerprint density at radius 2 is 1.71 bits per heavy atom. The van der Waals surface area contributed by atoms with Crippen molar-refractivity contribution in [1.29, 1.82) is 0 Å². The van der Waals surface area contributed by atoms with Crippen LogP contribution >= 0.6 is 34.8 Å². The lowest BCUT2D eigenvalue weighted by molar-refractivity contribution is 0.373. The summed E-state index contributed by atoms with van der Waals surface area (Å²) in [6.45, 7) is 1.95. The molecule has 2 rings (SSSR count). The van der Waals surface area contributed by atoms with E-state index in [4.69, 9.17) is 39.5 Å². The zero-order valence-electron chi connectivity index (χ0n) is 11.5. The molecule has 2 aromatic carbocycles. The summed E-state index contributed by atoms with van der Waals surface area (Å²) in [5.41, 5.74) is 1.54. The van der Waals surface area contributed by atoms with Crippen LogP contribution in [0.25, 0.3) is 0 Å². The number of benzene rings is 2. The molecule has 0 spiro atoms. The molecule has 0 saturated carbocycles. The number of hydrogen-bond donors (Lipinski definition) is 2. The Kier molecular flexibility index (Phi) is 5.09. The standard InChI is InChI=1S/C15H14Cl3NO2/c1-8(9-3-4-13(20)14(5-9)21-2)19-15-11(17)6-10(16)7-12(15)18/h3-8,19-20H,1-2H3. The first-order chi connectivity index (χ1) is 9.92. The van der Waals surface area contributed by atoms with E-state index in [9.17, 15) is 5.11 Å². The summed E-state index contributed by atoms with van der Waals surface area (Å²) < 4.78 is 5.10. The first kappa shape index (κ1) is 16.1. The van der Waals surface area contributed by atoms with E-state index in [1.54, 1.807) is 30.3 Å². The Hall–Kier alpha value is -1.29. The third-order valence-electron chi connectivity index (χ3n) is 3.07. The Morgan fingerprint density at radius 1 is 1.10 bits per heavy atom. The van der Waals surface area contributed by atoms with Crippen molar-refractivity contribution in [3.63, 3.8) is 0 Å². The van der Waals surface area contributed by atoms with Crippen molar-refractivity contribution in [2.75, 3.05) is 12.4 Å². The molecule has 2 N–H and O–H groups in total. The van der Waals surface area contributed by atoms with Crippen LogP contribution in [-0.2, 0) is 0 Å². The van der Waals surface area contributed by atoms with Crippen LogP contribution < -0.4 is 10.1 Å². The summed E-state index contributed by atoms with van der Waals surface area (Å²) in [6, 6.07) is 8.30. The number of halogens is 3. The number of ether oxygens (including phenoxy) is 1. The van der Waals surface area contributed by atoms with Crippen molar-refractivity contribution in [2.45, 2.75) is 13.0 Å². The summed E-state index contributed by atoms with van der Waals surface area (Å²) in [5, 5.41) is 14.2. The number of methoxy groups -OCH3 is 1. The molecule has 21 heavy (non-hydrogen) atoms. The van der Waals surface area contributed by atoms with Crippen molar-refractivity contribution < 1.29 is 9.84 Å². The molecule has 0 aliphatic heterocycles. The Bertz CT molecular complexity index is 638. The number of rotatable bonds is 4. The molecular weight excluding hydrogens is 333 g/mol. The summed E-state index contributed by atoms with van der Waals surface area (Å²) in [5.74, 6) is 0.505. The molecule has 0 saturated heterocycles. The minimum Gasteiger partial charge on any atom is -0.504 e. The highest BCUT2D eigenvalue weighted by Crippen LogP contribution is 2.37. The summed E-state index contributed by atoms with van der Waals surface area (Å²) in [4.78, 5) is 0. The zero-order valence-corrected chi connectivity index (χ0v) is 13.7. The molecule has 2 aromatic rings. The highest BCUT2D eigenvalue weighted by Gasteiger charge is 2.13. The predicted molar refractivity (Wildman–Crippen MR) is 88.2 cm³/mol. The smallest absolute Gasteiger partial charge is 0.160 e. The van der Waals surface area contributed by atoms with Crippen LogP contribution in [0.5, 0.6) is 11.5 Å². The van der Waals surface area contributed by atoms with E-state index < -0.39 is 0 Å². The normalized spacial score (nSPS) is 12.0. The molecule has 0 aliphatic carbocycles. The SMILES string of the molecule is COc1cc(C(C)Nc2c(Cl)cc(Cl)cc2Cl)ccc1O. The van der Waals surface area contributed by atoms with Crippen LogP contribution in [0.4, 0.5) is 5.69 Å². The van der Waals surface area contributed by atoms with Gasteiger partial charge < -0.3 is 15.2 Å². The quantitative estimate of drug-likeness (QED) is 0.764. The van der Waals surface area contributed by atoms with Gasteiger partial charge in [0.25, 0.3) is 0 Å². The van der Waals surface area contributed by atoms with Crippen molar-refractivity contribution in [3.05, 3.63) is 51.0 Å². The van der Waals surface area contributed by atoms with Crippen LogP contribution in [0.3, 0.4) is 0 Å². The van der Waals surface area contributed by atoms with Gasteiger partial charge in [0.05, 0.1) is 22.8 Å². The van der Waals surface area contributed by atoms with E-state index in [1.165, 1.54) is 7.11 Å². The highest BCUT2D eigenvalue weighted by molar-refractivity contribution is 6.41. The fraction of sp³-hybridized carbons (Fsp3) is 0.200. The van der Waals surface area contributed by atoms with E-state index in [0.29, 0.717) is 26.5 Å². The minimum absolute atomic E-state index is 0.0873. The number of aromatic hydroxyl groups is 1. The van der Waals surface area contributed by atoms with E-state index >= 15 is 0 Å². The molecule has 1 unspecified atom stereocenters. The first-order valence-corrected chi connectivity index (χ1v) is 7.33. The second kappa shape index (κ2) is 6.65. The fourth-order valence-electron chi connectivity index (χ4n) is 1.94. The monoisotopic (exact) mass is 345 g/mol. The van der Waals surface area contributed by atoms with Crippen LogP contribution in [0.1, 0.15) is 18.5 Å². The van der Waals surface area contributed by atoms with Gasteiger partial charge in [0.1, 0.15) is 0 Å². The lowest BCUT2D eigenvalue weighted by Gasteiger charge is -2.19. The average Bonchev–Trinajstić information content (AvgIpc) is 2.43. The van der Waals surface area contributed by atoms with Gasteiger partial charge in [0.15, 0.2) is 11.5 Å².